The predicted molar refractivity (Wildman–Crippen MR) is 77.1 cm³/mol. The van der Waals surface area contributed by atoms with Crippen molar-refractivity contribution in [3.05, 3.63) is 16.1 Å². The van der Waals surface area contributed by atoms with Gasteiger partial charge in [0.1, 0.15) is 5.01 Å². The minimum Gasteiger partial charge on any atom is -0.293 e. The topological polar surface area (TPSA) is 16.1 Å². The Bertz CT molecular complexity index is 366. The molecule has 0 unspecified atom stereocenters. The number of thiazole rings is 1. The minimum absolute atomic E-state index is 0.00905. The van der Waals surface area contributed by atoms with Crippen molar-refractivity contribution in [2.24, 2.45) is 0 Å². The average molecular weight is 275 g/mol. The number of alkyl halides is 1. The van der Waals surface area contributed by atoms with E-state index in [4.69, 9.17) is 16.6 Å². The molecule has 17 heavy (non-hydrogen) atoms. The normalized spacial score (nSPS) is 13.4. The molecule has 0 N–H and O–H groups in total. The smallest absolute Gasteiger partial charge is 0.107 e. The third-order valence-electron chi connectivity index (χ3n) is 3.05. The first-order valence-electron chi connectivity index (χ1n) is 5.89. The minimum atomic E-state index is 0.00905. The Morgan fingerprint density at radius 2 is 1.88 bits per heavy atom. The Morgan fingerprint density at radius 1 is 1.29 bits per heavy atom. The molecule has 4 heteroatoms. The monoisotopic (exact) mass is 274 g/mol. The summed E-state index contributed by atoms with van der Waals surface area (Å²) in [6.07, 6.45) is 0. The molecule has 0 aliphatic rings. The van der Waals surface area contributed by atoms with E-state index in [2.05, 4.69) is 51.9 Å². The zero-order valence-corrected chi connectivity index (χ0v) is 13.2. The quantitative estimate of drug-likeness (QED) is 0.775. The maximum Gasteiger partial charge on any atom is 0.107 e. The highest BCUT2D eigenvalue weighted by Crippen LogP contribution is 2.25. The second kappa shape index (κ2) is 5.25. The van der Waals surface area contributed by atoms with Crippen LogP contribution in [-0.4, -0.2) is 28.4 Å². The molecule has 1 heterocycles. The van der Waals surface area contributed by atoms with Gasteiger partial charge >= 0.3 is 0 Å². The van der Waals surface area contributed by atoms with Crippen LogP contribution in [0.4, 0.5) is 0 Å². The van der Waals surface area contributed by atoms with Crippen LogP contribution in [0.2, 0.25) is 0 Å². The summed E-state index contributed by atoms with van der Waals surface area (Å²) in [7, 11) is 2.10. The molecular formula is C13H23ClN2S. The van der Waals surface area contributed by atoms with E-state index in [1.165, 1.54) is 5.69 Å². The van der Waals surface area contributed by atoms with E-state index in [1.807, 2.05) is 0 Å². The van der Waals surface area contributed by atoms with Crippen LogP contribution >= 0.6 is 22.9 Å². The lowest BCUT2D eigenvalue weighted by atomic mass is 9.93. The average Bonchev–Trinajstić information content (AvgIpc) is 2.65. The van der Waals surface area contributed by atoms with E-state index in [0.717, 1.165) is 11.6 Å². The predicted octanol–water partition coefficient (Wildman–Crippen LogP) is 3.89. The van der Waals surface area contributed by atoms with Crippen molar-refractivity contribution in [3.63, 3.8) is 0 Å². The van der Waals surface area contributed by atoms with Gasteiger partial charge in [-0.15, -0.1) is 22.9 Å². The zero-order valence-electron chi connectivity index (χ0n) is 11.7. The highest BCUT2D eigenvalue weighted by molar-refractivity contribution is 7.09. The fourth-order valence-corrected chi connectivity index (χ4v) is 2.52. The number of halogens is 1. The summed E-state index contributed by atoms with van der Waals surface area (Å²) in [5.41, 5.74) is 1.32. The molecule has 2 nitrogen and oxygen atoms in total. The summed E-state index contributed by atoms with van der Waals surface area (Å²) < 4.78 is 0. The van der Waals surface area contributed by atoms with Crippen molar-refractivity contribution < 1.29 is 0 Å². The van der Waals surface area contributed by atoms with Gasteiger partial charge in [-0.25, -0.2) is 4.98 Å². The molecule has 0 spiro atoms. The SMILES string of the molecule is CN(Cc1nc(C(C)(C)C)cs1)C(C)(C)CCl. The van der Waals surface area contributed by atoms with Gasteiger partial charge in [-0.3, -0.25) is 4.90 Å². The van der Waals surface area contributed by atoms with Crippen molar-refractivity contribution in [1.29, 1.82) is 0 Å². The number of hydrogen-bond donors (Lipinski definition) is 0. The van der Waals surface area contributed by atoms with E-state index in [1.54, 1.807) is 11.3 Å². The summed E-state index contributed by atoms with van der Waals surface area (Å²) in [5, 5.41) is 3.33. The molecule has 1 aromatic heterocycles. The highest BCUT2D eigenvalue weighted by atomic mass is 35.5. The lowest BCUT2D eigenvalue weighted by Gasteiger charge is -2.33. The zero-order chi connectivity index (χ0) is 13.3. The summed E-state index contributed by atoms with van der Waals surface area (Å²) in [5.74, 6) is 0.626. The summed E-state index contributed by atoms with van der Waals surface area (Å²) in [6.45, 7) is 11.7. The maximum absolute atomic E-state index is 5.97. The molecular weight excluding hydrogens is 252 g/mol. The van der Waals surface area contributed by atoms with Gasteiger partial charge in [0.05, 0.1) is 12.2 Å². The summed E-state index contributed by atoms with van der Waals surface area (Å²) >= 11 is 7.71. The fourth-order valence-electron chi connectivity index (χ4n) is 1.25. The Balaban J connectivity index is 2.74. The molecule has 98 valence electrons. The van der Waals surface area contributed by atoms with Gasteiger partial charge in [-0.1, -0.05) is 20.8 Å². The maximum atomic E-state index is 5.97. The van der Waals surface area contributed by atoms with Crippen LogP contribution < -0.4 is 0 Å². The Labute approximate surface area is 114 Å². The molecule has 0 saturated heterocycles. The molecule has 1 rings (SSSR count). The van der Waals surface area contributed by atoms with Crippen LogP contribution in [0.25, 0.3) is 0 Å². The second-order valence-corrected chi connectivity index (χ2v) is 7.39. The lowest BCUT2D eigenvalue weighted by molar-refractivity contribution is 0.170. The number of rotatable bonds is 4. The number of aromatic nitrogens is 1. The van der Waals surface area contributed by atoms with E-state index < -0.39 is 0 Å². The van der Waals surface area contributed by atoms with Crippen LogP contribution in [0.3, 0.4) is 0 Å². The van der Waals surface area contributed by atoms with E-state index in [-0.39, 0.29) is 11.0 Å². The first-order valence-corrected chi connectivity index (χ1v) is 7.30. The van der Waals surface area contributed by atoms with Gasteiger partial charge in [-0.2, -0.15) is 0 Å². The largest absolute Gasteiger partial charge is 0.293 e. The fraction of sp³-hybridized carbons (Fsp3) is 0.769. The molecule has 0 aliphatic carbocycles. The van der Waals surface area contributed by atoms with Crippen molar-refractivity contribution >= 4 is 22.9 Å². The summed E-state index contributed by atoms with van der Waals surface area (Å²) in [4.78, 5) is 6.96. The van der Waals surface area contributed by atoms with Crippen LogP contribution in [-0.2, 0) is 12.0 Å². The van der Waals surface area contributed by atoms with Gasteiger partial charge in [0, 0.05) is 22.2 Å². The Morgan fingerprint density at radius 3 is 2.29 bits per heavy atom. The van der Waals surface area contributed by atoms with Crippen molar-refractivity contribution in [2.75, 3.05) is 12.9 Å². The van der Waals surface area contributed by atoms with Crippen LogP contribution in [0.1, 0.15) is 45.3 Å². The van der Waals surface area contributed by atoms with Gasteiger partial charge in [-0.05, 0) is 20.9 Å². The van der Waals surface area contributed by atoms with Crippen LogP contribution in [0.15, 0.2) is 5.38 Å². The second-order valence-electron chi connectivity index (χ2n) is 6.18. The van der Waals surface area contributed by atoms with Crippen LogP contribution in [0, 0.1) is 0 Å². The molecule has 0 amide bonds. The molecule has 0 radical (unpaired) electrons. The van der Waals surface area contributed by atoms with Gasteiger partial charge in [0.2, 0.25) is 0 Å². The first-order chi connectivity index (χ1) is 7.66. The molecule has 0 atom stereocenters. The molecule has 0 aliphatic heterocycles. The first kappa shape index (κ1) is 14.9. The molecule has 0 fully saturated rings. The van der Waals surface area contributed by atoms with Gasteiger partial charge < -0.3 is 0 Å². The number of hydrogen-bond acceptors (Lipinski definition) is 3. The van der Waals surface area contributed by atoms with Crippen molar-refractivity contribution in [2.45, 2.75) is 52.1 Å². The Kier molecular flexibility index (Phi) is 4.61. The van der Waals surface area contributed by atoms with Gasteiger partial charge in [0.15, 0.2) is 0 Å². The third-order valence-corrected chi connectivity index (χ3v) is 4.54. The van der Waals surface area contributed by atoms with Crippen LogP contribution in [0.5, 0.6) is 0 Å². The lowest BCUT2D eigenvalue weighted by Crippen LogP contribution is -2.42. The van der Waals surface area contributed by atoms with Gasteiger partial charge in [0.25, 0.3) is 0 Å². The van der Waals surface area contributed by atoms with E-state index in [9.17, 15) is 0 Å². The number of nitrogens with zero attached hydrogens (tertiary/aromatic N) is 2. The van der Waals surface area contributed by atoms with Crippen molar-refractivity contribution in [3.8, 4) is 0 Å². The van der Waals surface area contributed by atoms with E-state index >= 15 is 0 Å². The Hall–Kier alpha value is -0.120. The molecule has 0 aromatic carbocycles. The highest BCUT2D eigenvalue weighted by Gasteiger charge is 2.24. The standard InChI is InChI=1S/C13H23ClN2S/c1-12(2,3)10-8-17-11(15-10)7-16(6)13(4,5)9-14/h8H,7,9H2,1-6H3. The molecule has 1 aromatic rings. The third kappa shape index (κ3) is 3.94. The molecule has 0 bridgehead atoms. The van der Waals surface area contributed by atoms with E-state index in [0.29, 0.717) is 5.88 Å². The van der Waals surface area contributed by atoms with Crippen molar-refractivity contribution in [1.82, 2.24) is 9.88 Å². The summed E-state index contributed by atoms with van der Waals surface area (Å²) in [6, 6.07) is 0. The molecule has 0 saturated carbocycles.